The zero-order valence-electron chi connectivity index (χ0n) is 6.25. The Morgan fingerprint density at radius 2 is 1.36 bits per heavy atom. The molecule has 0 aromatic heterocycles. The maximum atomic E-state index is 8.74. The summed E-state index contributed by atoms with van der Waals surface area (Å²) >= 11 is 5.50. The van der Waals surface area contributed by atoms with Gasteiger partial charge < -0.3 is 5.11 Å². The molecule has 8 heteroatoms. The minimum atomic E-state index is -4.67. The van der Waals surface area contributed by atoms with E-state index in [0.717, 1.165) is 0 Å². The molecular weight excluding hydrogens is 243 g/mol. The summed E-state index contributed by atoms with van der Waals surface area (Å²) in [6.45, 7) is 0. The van der Waals surface area contributed by atoms with E-state index < -0.39 is 10.4 Å². The number of aromatic hydroxyl groups is 1. The van der Waals surface area contributed by atoms with Crippen molar-refractivity contribution >= 4 is 51.6 Å². The number of rotatable bonds is 0. The Hall–Kier alpha value is 0.180. The molecule has 5 nitrogen and oxygen atoms in total. The fraction of sp³-hybridized carbons (Fsp3) is 0. The van der Waals surface area contributed by atoms with Gasteiger partial charge in [-0.2, -0.15) is 8.42 Å². The van der Waals surface area contributed by atoms with Gasteiger partial charge in [-0.05, 0) is 24.3 Å². The van der Waals surface area contributed by atoms with Gasteiger partial charge in [0.25, 0.3) is 0 Å². The van der Waals surface area contributed by atoms with Crippen molar-refractivity contribution in [2.24, 2.45) is 0 Å². The predicted octanol–water partition coefficient (Wildman–Crippen LogP) is 0.744. The molecule has 0 atom stereocenters. The van der Waals surface area contributed by atoms with E-state index in [9.17, 15) is 0 Å². The maximum absolute atomic E-state index is 8.74. The molecule has 0 amide bonds. The van der Waals surface area contributed by atoms with Gasteiger partial charge in [0.05, 0.1) is 0 Å². The summed E-state index contributed by atoms with van der Waals surface area (Å²) in [5.74, 6) is 0.245. The standard InChI is InChI=1S/C6H5ClO.Na.H2O4S.H/c7-5-1-3-6(8)4-2-5;;1-5(2,3)4;/h1-4,8H;;(H2,1,2,3,4);. The van der Waals surface area contributed by atoms with Crippen LogP contribution in [0.1, 0.15) is 0 Å². The first-order valence-electron chi connectivity index (χ1n) is 2.93. The van der Waals surface area contributed by atoms with E-state index in [4.69, 9.17) is 34.2 Å². The van der Waals surface area contributed by atoms with E-state index in [-0.39, 0.29) is 35.3 Å². The molecule has 14 heavy (non-hydrogen) atoms. The third kappa shape index (κ3) is 14.7. The summed E-state index contributed by atoms with van der Waals surface area (Å²) in [6, 6.07) is 6.36. The average molecular weight is 251 g/mol. The molecule has 0 radical (unpaired) electrons. The predicted molar refractivity (Wildman–Crippen MR) is 54.4 cm³/mol. The topological polar surface area (TPSA) is 94.8 Å². The fourth-order valence-corrected chi connectivity index (χ4v) is 0.567. The van der Waals surface area contributed by atoms with Gasteiger partial charge in [0, 0.05) is 5.02 Å². The van der Waals surface area contributed by atoms with Crippen LogP contribution in [0.15, 0.2) is 24.3 Å². The Morgan fingerprint density at radius 3 is 1.57 bits per heavy atom. The van der Waals surface area contributed by atoms with Gasteiger partial charge in [-0.1, -0.05) is 11.6 Å². The Labute approximate surface area is 109 Å². The Morgan fingerprint density at radius 1 is 1.07 bits per heavy atom. The van der Waals surface area contributed by atoms with E-state index in [0.29, 0.717) is 5.02 Å². The molecule has 1 aromatic carbocycles. The molecule has 1 aromatic rings. The van der Waals surface area contributed by atoms with E-state index >= 15 is 0 Å². The second-order valence-electron chi connectivity index (χ2n) is 1.92. The Kier molecular flexibility index (Phi) is 8.86. The molecule has 0 unspecified atom stereocenters. The van der Waals surface area contributed by atoms with E-state index in [1.54, 1.807) is 24.3 Å². The molecule has 0 aliphatic heterocycles. The molecule has 0 saturated heterocycles. The first-order valence-corrected chi connectivity index (χ1v) is 4.71. The van der Waals surface area contributed by atoms with Crippen molar-refractivity contribution in [3.05, 3.63) is 29.3 Å². The molecule has 3 N–H and O–H groups in total. The average Bonchev–Trinajstić information content (AvgIpc) is 1.92. The monoisotopic (exact) mass is 250 g/mol. The van der Waals surface area contributed by atoms with Crippen molar-refractivity contribution in [2.75, 3.05) is 0 Å². The number of hydrogen-bond acceptors (Lipinski definition) is 3. The molecule has 0 aliphatic carbocycles. The SMILES string of the molecule is O=S(=O)(O)O.Oc1ccc(Cl)cc1.[NaH]. The van der Waals surface area contributed by atoms with Crippen LogP contribution in [0.5, 0.6) is 5.75 Å². The summed E-state index contributed by atoms with van der Waals surface area (Å²) in [5.41, 5.74) is 0. The summed E-state index contributed by atoms with van der Waals surface area (Å²) in [7, 11) is -4.67. The number of phenols is 1. The van der Waals surface area contributed by atoms with E-state index in [1.165, 1.54) is 0 Å². The zero-order valence-corrected chi connectivity index (χ0v) is 7.83. The third-order valence-corrected chi connectivity index (χ3v) is 1.08. The number of benzene rings is 1. The van der Waals surface area contributed by atoms with Crippen LogP contribution in [0.3, 0.4) is 0 Å². The minimum absolute atomic E-state index is 0. The summed E-state index contributed by atoms with van der Waals surface area (Å²) in [6.07, 6.45) is 0. The van der Waals surface area contributed by atoms with E-state index in [1.807, 2.05) is 0 Å². The molecule has 76 valence electrons. The van der Waals surface area contributed by atoms with Crippen LogP contribution in [-0.2, 0) is 10.4 Å². The van der Waals surface area contributed by atoms with Crippen LogP contribution in [0.25, 0.3) is 0 Å². The van der Waals surface area contributed by atoms with Crippen LogP contribution in [-0.4, -0.2) is 52.2 Å². The molecular formula is C6H8ClNaO5S. The van der Waals surface area contributed by atoms with Gasteiger partial charge in [-0.3, -0.25) is 9.11 Å². The van der Waals surface area contributed by atoms with Gasteiger partial charge in [0.2, 0.25) is 0 Å². The first kappa shape index (κ1) is 16.6. The van der Waals surface area contributed by atoms with Crippen molar-refractivity contribution in [2.45, 2.75) is 0 Å². The van der Waals surface area contributed by atoms with Crippen molar-refractivity contribution in [1.29, 1.82) is 0 Å². The molecule has 0 spiro atoms. The van der Waals surface area contributed by atoms with Crippen molar-refractivity contribution in [3.8, 4) is 5.75 Å². The molecule has 1 rings (SSSR count). The molecule has 0 fully saturated rings. The zero-order chi connectivity index (χ0) is 10.5. The van der Waals surface area contributed by atoms with Gasteiger partial charge in [0.15, 0.2) is 0 Å². The van der Waals surface area contributed by atoms with Gasteiger partial charge in [-0.15, -0.1) is 0 Å². The van der Waals surface area contributed by atoms with E-state index in [2.05, 4.69) is 0 Å². The second-order valence-corrected chi connectivity index (χ2v) is 3.26. The fourth-order valence-electron chi connectivity index (χ4n) is 0.441. The molecule has 0 aliphatic rings. The number of halogens is 1. The molecule has 0 bridgehead atoms. The Balaban J connectivity index is 0. The summed E-state index contributed by atoms with van der Waals surface area (Å²) in [4.78, 5) is 0. The van der Waals surface area contributed by atoms with Crippen LogP contribution < -0.4 is 0 Å². The number of phenolic OH excluding ortho intramolecular Hbond substituents is 1. The van der Waals surface area contributed by atoms with Gasteiger partial charge in [0.1, 0.15) is 5.75 Å². The van der Waals surface area contributed by atoms with Gasteiger partial charge >= 0.3 is 40.0 Å². The normalized spacial score (nSPS) is 9.36. The van der Waals surface area contributed by atoms with Crippen molar-refractivity contribution in [3.63, 3.8) is 0 Å². The van der Waals surface area contributed by atoms with Crippen molar-refractivity contribution < 1.29 is 22.6 Å². The summed E-state index contributed by atoms with van der Waals surface area (Å²) in [5, 5.41) is 9.34. The number of hydrogen-bond donors (Lipinski definition) is 3. The van der Waals surface area contributed by atoms with Crippen LogP contribution in [0, 0.1) is 0 Å². The molecule has 0 saturated carbocycles. The first-order chi connectivity index (χ1) is 5.79. The van der Waals surface area contributed by atoms with Crippen LogP contribution >= 0.6 is 11.6 Å². The third-order valence-electron chi connectivity index (χ3n) is 0.827. The van der Waals surface area contributed by atoms with Crippen LogP contribution in [0.4, 0.5) is 0 Å². The second kappa shape index (κ2) is 7.47. The van der Waals surface area contributed by atoms with Crippen LogP contribution in [0.2, 0.25) is 5.02 Å². The quantitative estimate of drug-likeness (QED) is 0.466. The summed E-state index contributed by atoms with van der Waals surface area (Å²) < 4.78 is 31.6. The Bertz CT molecular complexity index is 320. The van der Waals surface area contributed by atoms with Crippen molar-refractivity contribution in [1.82, 2.24) is 0 Å². The van der Waals surface area contributed by atoms with Gasteiger partial charge in [-0.25, -0.2) is 0 Å². The molecule has 0 heterocycles.